The van der Waals surface area contributed by atoms with Crippen LogP contribution in [0.1, 0.15) is 33.6 Å². The molecule has 1 unspecified atom stereocenters. The van der Waals surface area contributed by atoms with E-state index >= 15 is 0 Å². The van der Waals surface area contributed by atoms with E-state index in [9.17, 15) is 4.79 Å². The molecule has 1 amide bonds. The highest BCUT2D eigenvalue weighted by Crippen LogP contribution is 2.32. The summed E-state index contributed by atoms with van der Waals surface area (Å²) in [4.78, 5) is 19.3. The second-order valence-electron chi connectivity index (χ2n) is 5.77. The van der Waals surface area contributed by atoms with Crippen molar-refractivity contribution in [3.63, 3.8) is 0 Å². The van der Waals surface area contributed by atoms with Crippen molar-refractivity contribution < 1.29 is 14.4 Å². The van der Waals surface area contributed by atoms with Gasteiger partial charge in [0.05, 0.1) is 6.54 Å². The van der Waals surface area contributed by atoms with Crippen LogP contribution in [0.15, 0.2) is 10.7 Å². The summed E-state index contributed by atoms with van der Waals surface area (Å²) >= 11 is 3.34. The Bertz CT molecular complexity index is 378. The number of nitrogens with zero attached hydrogens (tertiary/aromatic N) is 1. The molecular weight excluding hydrogens is 300 g/mol. The predicted molar refractivity (Wildman–Crippen MR) is 71.0 cm³/mol. The molecule has 5 nitrogen and oxygen atoms in total. The van der Waals surface area contributed by atoms with Crippen molar-refractivity contribution in [3.8, 4) is 0 Å². The highest BCUT2D eigenvalue weighted by atomic mass is 79.9. The molecule has 0 bridgehead atoms. The van der Waals surface area contributed by atoms with Crippen molar-refractivity contribution in [2.75, 3.05) is 13.1 Å². The van der Waals surface area contributed by atoms with Gasteiger partial charge >= 0.3 is 6.09 Å². The van der Waals surface area contributed by atoms with Gasteiger partial charge in [0.15, 0.2) is 0 Å². The standard InChI is InChI=1S/C12H19BrN2O3/c1-11(2,3)17-10(16)15-6-4-5-12(8-15)7-9(13)14-18-12/h7,14H,4-6,8H2,1-3H3. The Morgan fingerprint density at radius 3 is 2.89 bits per heavy atom. The number of likely N-dealkylation sites (tertiary alicyclic amines) is 1. The number of rotatable bonds is 0. The van der Waals surface area contributed by atoms with Gasteiger partial charge in [-0.3, -0.25) is 10.3 Å². The fourth-order valence-corrected chi connectivity index (χ4v) is 2.67. The number of amides is 1. The van der Waals surface area contributed by atoms with Gasteiger partial charge in [-0.05, 0) is 55.6 Å². The molecule has 1 fully saturated rings. The maximum absolute atomic E-state index is 12.0. The van der Waals surface area contributed by atoms with Crippen molar-refractivity contribution >= 4 is 22.0 Å². The SMILES string of the molecule is CC(C)(C)OC(=O)N1CCCC2(C=C(Br)NO2)C1. The molecule has 1 spiro atoms. The van der Waals surface area contributed by atoms with E-state index in [1.807, 2.05) is 26.8 Å². The molecule has 0 radical (unpaired) electrons. The zero-order valence-corrected chi connectivity index (χ0v) is 12.5. The van der Waals surface area contributed by atoms with Crippen LogP contribution in [0.2, 0.25) is 0 Å². The summed E-state index contributed by atoms with van der Waals surface area (Å²) < 4.78 is 6.20. The number of hydrogen-bond acceptors (Lipinski definition) is 4. The summed E-state index contributed by atoms with van der Waals surface area (Å²) in [7, 11) is 0. The molecule has 0 aromatic carbocycles. The van der Waals surface area contributed by atoms with Crippen LogP contribution in [0, 0.1) is 0 Å². The zero-order chi connectivity index (χ0) is 13.4. The van der Waals surface area contributed by atoms with Gasteiger partial charge in [-0.15, -0.1) is 0 Å². The molecule has 6 heteroatoms. The first-order valence-electron chi connectivity index (χ1n) is 6.10. The Labute approximate surface area is 116 Å². The second-order valence-corrected chi connectivity index (χ2v) is 6.62. The van der Waals surface area contributed by atoms with Crippen LogP contribution in [0.5, 0.6) is 0 Å². The third kappa shape index (κ3) is 3.17. The lowest BCUT2D eigenvalue weighted by Crippen LogP contribution is -2.51. The number of ether oxygens (including phenoxy) is 1. The van der Waals surface area contributed by atoms with Gasteiger partial charge < -0.3 is 9.64 Å². The van der Waals surface area contributed by atoms with Gasteiger partial charge in [-0.2, -0.15) is 0 Å². The Morgan fingerprint density at radius 1 is 1.61 bits per heavy atom. The van der Waals surface area contributed by atoms with E-state index in [4.69, 9.17) is 9.57 Å². The van der Waals surface area contributed by atoms with Crippen LogP contribution < -0.4 is 5.48 Å². The van der Waals surface area contributed by atoms with Gasteiger partial charge in [0, 0.05) is 6.54 Å². The smallest absolute Gasteiger partial charge is 0.410 e. The molecule has 2 rings (SSSR count). The number of hydrogen-bond donors (Lipinski definition) is 1. The Balaban J connectivity index is 2.01. The second kappa shape index (κ2) is 4.74. The molecule has 1 N–H and O–H groups in total. The van der Waals surface area contributed by atoms with Crippen LogP contribution in [0.25, 0.3) is 0 Å². The van der Waals surface area contributed by atoms with E-state index in [1.54, 1.807) is 4.90 Å². The van der Waals surface area contributed by atoms with Crippen LogP contribution in [-0.4, -0.2) is 35.3 Å². The van der Waals surface area contributed by atoms with E-state index in [2.05, 4.69) is 21.4 Å². The molecule has 0 aromatic rings. The topological polar surface area (TPSA) is 50.8 Å². The fraction of sp³-hybridized carbons (Fsp3) is 0.750. The molecule has 102 valence electrons. The first kappa shape index (κ1) is 13.7. The normalized spacial score (nSPS) is 28.0. The molecule has 2 aliphatic heterocycles. The molecule has 2 heterocycles. The Kier molecular flexibility index (Phi) is 3.60. The quantitative estimate of drug-likeness (QED) is 0.697. The van der Waals surface area contributed by atoms with Crippen LogP contribution in [0.4, 0.5) is 4.79 Å². The molecule has 2 aliphatic rings. The molecule has 1 atom stereocenters. The van der Waals surface area contributed by atoms with E-state index in [-0.39, 0.29) is 6.09 Å². The van der Waals surface area contributed by atoms with E-state index in [1.165, 1.54) is 0 Å². The molecule has 0 aliphatic carbocycles. The zero-order valence-electron chi connectivity index (χ0n) is 11.0. The lowest BCUT2D eigenvalue weighted by atomic mass is 9.93. The highest BCUT2D eigenvalue weighted by Gasteiger charge is 2.41. The van der Waals surface area contributed by atoms with Crippen molar-refractivity contribution in [2.24, 2.45) is 0 Å². The Morgan fingerprint density at radius 2 is 2.33 bits per heavy atom. The first-order chi connectivity index (χ1) is 8.30. The van der Waals surface area contributed by atoms with Gasteiger partial charge in [-0.1, -0.05) is 0 Å². The van der Waals surface area contributed by atoms with Crippen molar-refractivity contribution in [3.05, 3.63) is 10.7 Å². The average molecular weight is 319 g/mol. The number of hydroxylamine groups is 1. The third-order valence-electron chi connectivity index (χ3n) is 2.88. The van der Waals surface area contributed by atoms with Crippen LogP contribution in [0.3, 0.4) is 0 Å². The fourth-order valence-electron chi connectivity index (χ4n) is 2.17. The molecular formula is C12H19BrN2O3. The van der Waals surface area contributed by atoms with Gasteiger partial charge in [0.25, 0.3) is 0 Å². The molecule has 1 saturated heterocycles. The monoisotopic (exact) mass is 318 g/mol. The van der Waals surface area contributed by atoms with Crippen LogP contribution in [-0.2, 0) is 9.57 Å². The minimum atomic E-state index is -0.465. The van der Waals surface area contributed by atoms with E-state index < -0.39 is 11.2 Å². The molecule has 0 saturated carbocycles. The molecule has 18 heavy (non-hydrogen) atoms. The van der Waals surface area contributed by atoms with Gasteiger partial charge in [0.2, 0.25) is 0 Å². The summed E-state index contributed by atoms with van der Waals surface area (Å²) in [5.74, 6) is 0. The van der Waals surface area contributed by atoms with Crippen LogP contribution >= 0.6 is 15.9 Å². The maximum atomic E-state index is 12.0. The summed E-state index contributed by atoms with van der Waals surface area (Å²) in [6.07, 6.45) is 3.50. The summed E-state index contributed by atoms with van der Waals surface area (Å²) in [6, 6.07) is 0. The summed E-state index contributed by atoms with van der Waals surface area (Å²) in [5, 5.41) is 0. The lowest BCUT2D eigenvalue weighted by molar-refractivity contribution is -0.0797. The van der Waals surface area contributed by atoms with Crippen molar-refractivity contribution in [1.29, 1.82) is 0 Å². The number of carbonyl (C=O) groups excluding carboxylic acids is 1. The maximum Gasteiger partial charge on any atom is 0.410 e. The first-order valence-corrected chi connectivity index (χ1v) is 6.89. The number of piperidine rings is 1. The third-order valence-corrected chi connectivity index (χ3v) is 3.27. The number of halogens is 1. The highest BCUT2D eigenvalue weighted by molar-refractivity contribution is 9.11. The Hall–Kier alpha value is -0.750. The largest absolute Gasteiger partial charge is 0.444 e. The predicted octanol–water partition coefficient (Wildman–Crippen LogP) is 2.53. The van der Waals surface area contributed by atoms with Crippen molar-refractivity contribution in [2.45, 2.75) is 44.8 Å². The van der Waals surface area contributed by atoms with Crippen molar-refractivity contribution in [1.82, 2.24) is 10.4 Å². The lowest BCUT2D eigenvalue weighted by Gasteiger charge is -2.38. The van der Waals surface area contributed by atoms with E-state index in [0.29, 0.717) is 13.1 Å². The van der Waals surface area contributed by atoms with Gasteiger partial charge in [0.1, 0.15) is 15.8 Å². The molecule has 0 aromatic heterocycles. The summed E-state index contributed by atoms with van der Waals surface area (Å²) in [6.45, 7) is 6.84. The number of nitrogens with one attached hydrogen (secondary N) is 1. The minimum absolute atomic E-state index is 0.276. The average Bonchev–Trinajstić information content (AvgIpc) is 2.57. The summed E-state index contributed by atoms with van der Waals surface area (Å²) in [5.41, 5.74) is 1.90. The van der Waals surface area contributed by atoms with E-state index in [0.717, 1.165) is 17.4 Å². The minimum Gasteiger partial charge on any atom is -0.444 e. The van der Waals surface area contributed by atoms with Gasteiger partial charge in [-0.25, -0.2) is 4.79 Å². The number of carbonyl (C=O) groups is 1.